The molecule has 0 atom stereocenters. The van der Waals surface area contributed by atoms with Crippen molar-refractivity contribution in [2.24, 2.45) is 0 Å². The molecule has 2 aromatic carbocycles. The summed E-state index contributed by atoms with van der Waals surface area (Å²) < 4.78 is 5.38. The van der Waals surface area contributed by atoms with Gasteiger partial charge in [-0.15, -0.1) is 0 Å². The Morgan fingerprint density at radius 3 is 2.58 bits per heavy atom. The highest BCUT2D eigenvalue weighted by Gasteiger charge is 2.08. The highest BCUT2D eigenvalue weighted by atomic mass is 16.6. The molecule has 2 aromatic rings. The molecule has 0 aliphatic carbocycles. The third-order valence-corrected chi connectivity index (χ3v) is 3.49. The third kappa shape index (κ3) is 5.27. The number of benzene rings is 2. The predicted molar refractivity (Wildman–Crippen MR) is 97.1 cm³/mol. The molecule has 0 aliphatic rings. The van der Waals surface area contributed by atoms with Crippen molar-refractivity contribution < 1.29 is 19.2 Å². The number of hydrogen-bond donors (Lipinski definition) is 0. The van der Waals surface area contributed by atoms with E-state index in [2.05, 4.69) is 0 Å². The van der Waals surface area contributed by atoms with E-state index in [0.717, 1.165) is 0 Å². The lowest BCUT2D eigenvalue weighted by Crippen LogP contribution is -2.27. The second-order valence-electron chi connectivity index (χ2n) is 5.65. The summed E-state index contributed by atoms with van der Waals surface area (Å²) in [6.07, 6.45) is 2.85. The molecule has 0 fully saturated rings. The van der Waals surface area contributed by atoms with Gasteiger partial charge in [0.15, 0.2) is 12.4 Å². The molecule has 0 bridgehead atoms. The van der Waals surface area contributed by atoms with Crippen LogP contribution in [0.2, 0.25) is 0 Å². The fourth-order valence-corrected chi connectivity index (χ4v) is 2.02. The predicted octanol–water partition coefficient (Wildman–Crippen LogP) is 2.96. The molecule has 0 heterocycles. The monoisotopic (exact) mass is 354 g/mol. The molecule has 7 nitrogen and oxygen atoms in total. The molecule has 0 saturated carbocycles. The van der Waals surface area contributed by atoms with Gasteiger partial charge in [0.05, 0.1) is 4.92 Å². The zero-order valence-electron chi connectivity index (χ0n) is 14.4. The second-order valence-corrected chi connectivity index (χ2v) is 5.65. The maximum atomic E-state index is 12.3. The first kappa shape index (κ1) is 18.9. The summed E-state index contributed by atoms with van der Waals surface area (Å²) in [5.41, 5.74) is 0.901. The van der Waals surface area contributed by atoms with Crippen molar-refractivity contribution in [2.75, 3.05) is 20.7 Å². The Kier molecular flexibility index (Phi) is 6.21. The number of non-ortho nitro benzene ring substituents is 1. The third-order valence-electron chi connectivity index (χ3n) is 3.49. The first-order valence-corrected chi connectivity index (χ1v) is 7.76. The van der Waals surface area contributed by atoms with Gasteiger partial charge in [-0.2, -0.15) is 0 Å². The van der Waals surface area contributed by atoms with Gasteiger partial charge in [-0.25, -0.2) is 0 Å². The van der Waals surface area contributed by atoms with Crippen molar-refractivity contribution in [3.8, 4) is 5.75 Å². The SMILES string of the molecule is CN(C)C(=O)COc1cccc(C(=O)/C=C\c2cccc([N+](=O)[O-])c2)c1. The van der Waals surface area contributed by atoms with Gasteiger partial charge in [0.2, 0.25) is 0 Å². The Balaban J connectivity index is 2.07. The molecule has 134 valence electrons. The summed E-state index contributed by atoms with van der Waals surface area (Å²) in [7, 11) is 3.26. The number of carbonyl (C=O) groups excluding carboxylic acids is 2. The summed E-state index contributed by atoms with van der Waals surface area (Å²) in [6, 6.07) is 12.5. The van der Waals surface area contributed by atoms with Gasteiger partial charge >= 0.3 is 0 Å². The van der Waals surface area contributed by atoms with E-state index >= 15 is 0 Å². The van der Waals surface area contributed by atoms with Crippen LogP contribution < -0.4 is 4.74 Å². The Morgan fingerprint density at radius 2 is 1.88 bits per heavy atom. The molecule has 0 saturated heterocycles. The van der Waals surface area contributed by atoms with Gasteiger partial charge in [0.1, 0.15) is 5.75 Å². The van der Waals surface area contributed by atoms with E-state index in [1.807, 2.05) is 0 Å². The summed E-state index contributed by atoms with van der Waals surface area (Å²) in [6.45, 7) is -0.117. The van der Waals surface area contributed by atoms with E-state index in [9.17, 15) is 19.7 Å². The van der Waals surface area contributed by atoms with E-state index in [1.54, 1.807) is 50.5 Å². The Labute approximate surface area is 150 Å². The second kappa shape index (κ2) is 8.57. The summed E-state index contributed by atoms with van der Waals surface area (Å²) in [5.74, 6) is -0.0528. The number of carbonyl (C=O) groups is 2. The number of rotatable bonds is 7. The van der Waals surface area contributed by atoms with Crippen molar-refractivity contribution >= 4 is 23.5 Å². The quantitative estimate of drug-likeness (QED) is 0.330. The lowest BCUT2D eigenvalue weighted by Gasteiger charge is -2.11. The highest BCUT2D eigenvalue weighted by molar-refractivity contribution is 6.07. The minimum atomic E-state index is -0.491. The van der Waals surface area contributed by atoms with Crippen LogP contribution in [0.15, 0.2) is 54.6 Å². The van der Waals surface area contributed by atoms with Crippen LogP contribution in [0.5, 0.6) is 5.75 Å². The van der Waals surface area contributed by atoms with E-state index in [0.29, 0.717) is 16.9 Å². The largest absolute Gasteiger partial charge is 0.484 e. The van der Waals surface area contributed by atoms with Crippen molar-refractivity contribution in [3.05, 3.63) is 75.8 Å². The molecule has 2 rings (SSSR count). The van der Waals surface area contributed by atoms with E-state index < -0.39 is 4.92 Å². The fourth-order valence-electron chi connectivity index (χ4n) is 2.02. The van der Waals surface area contributed by atoms with Gasteiger partial charge in [-0.05, 0) is 23.8 Å². The number of ketones is 1. The van der Waals surface area contributed by atoms with Gasteiger partial charge < -0.3 is 9.64 Å². The number of nitro benzene ring substituents is 1. The van der Waals surface area contributed by atoms with E-state index in [4.69, 9.17) is 4.74 Å². The number of nitro groups is 1. The van der Waals surface area contributed by atoms with Crippen LogP contribution in [0.25, 0.3) is 6.08 Å². The smallest absolute Gasteiger partial charge is 0.270 e. The molecule has 0 radical (unpaired) electrons. The topological polar surface area (TPSA) is 89.8 Å². The number of likely N-dealkylation sites (N-methyl/N-ethyl adjacent to an activating group) is 1. The van der Waals surface area contributed by atoms with Crippen molar-refractivity contribution in [2.45, 2.75) is 0 Å². The van der Waals surface area contributed by atoms with E-state index in [-0.39, 0.29) is 24.0 Å². The summed E-state index contributed by atoms with van der Waals surface area (Å²) >= 11 is 0. The normalized spacial score (nSPS) is 10.5. The molecular formula is C19H18N2O5. The maximum Gasteiger partial charge on any atom is 0.270 e. The summed E-state index contributed by atoms with van der Waals surface area (Å²) in [5, 5.41) is 10.8. The highest BCUT2D eigenvalue weighted by Crippen LogP contribution is 2.17. The molecule has 7 heteroatoms. The van der Waals surface area contributed by atoms with Crippen LogP contribution in [0.3, 0.4) is 0 Å². The molecule has 0 aliphatic heterocycles. The number of ether oxygens (including phenoxy) is 1. The number of amides is 1. The van der Waals surface area contributed by atoms with Crippen LogP contribution in [0.4, 0.5) is 5.69 Å². The average Bonchev–Trinajstić information content (AvgIpc) is 2.64. The average molecular weight is 354 g/mol. The summed E-state index contributed by atoms with van der Waals surface area (Å²) in [4.78, 5) is 35.5. The lowest BCUT2D eigenvalue weighted by atomic mass is 10.1. The molecule has 1 amide bonds. The zero-order valence-corrected chi connectivity index (χ0v) is 14.4. The number of allylic oxidation sites excluding steroid dienone is 1. The van der Waals surface area contributed by atoms with Crippen molar-refractivity contribution in [1.29, 1.82) is 0 Å². The Morgan fingerprint density at radius 1 is 1.15 bits per heavy atom. The molecular weight excluding hydrogens is 336 g/mol. The standard InChI is InChI=1S/C19H18N2O5/c1-20(2)19(23)13-26-17-8-4-6-15(12-17)18(22)10-9-14-5-3-7-16(11-14)21(24)25/h3-12H,13H2,1-2H3/b10-9-. The fraction of sp³-hybridized carbons (Fsp3) is 0.158. The van der Waals surface area contributed by atoms with Crippen LogP contribution in [0, 0.1) is 10.1 Å². The molecule has 26 heavy (non-hydrogen) atoms. The van der Waals surface area contributed by atoms with Crippen LogP contribution in [-0.2, 0) is 4.79 Å². The van der Waals surface area contributed by atoms with Crippen molar-refractivity contribution in [3.63, 3.8) is 0 Å². The maximum absolute atomic E-state index is 12.3. The van der Waals surface area contributed by atoms with Gasteiger partial charge in [-0.3, -0.25) is 19.7 Å². The Hall–Kier alpha value is -3.48. The zero-order chi connectivity index (χ0) is 19.1. The Bertz CT molecular complexity index is 859. The number of hydrogen-bond acceptors (Lipinski definition) is 5. The van der Waals surface area contributed by atoms with Crippen LogP contribution in [0.1, 0.15) is 15.9 Å². The lowest BCUT2D eigenvalue weighted by molar-refractivity contribution is -0.384. The minimum Gasteiger partial charge on any atom is -0.484 e. The molecule has 0 unspecified atom stereocenters. The van der Waals surface area contributed by atoms with Crippen molar-refractivity contribution in [1.82, 2.24) is 4.90 Å². The van der Waals surface area contributed by atoms with Crippen LogP contribution >= 0.6 is 0 Å². The molecule has 0 aromatic heterocycles. The number of nitrogens with zero attached hydrogens (tertiary/aromatic N) is 2. The van der Waals surface area contributed by atoms with Gasteiger partial charge in [0.25, 0.3) is 11.6 Å². The van der Waals surface area contributed by atoms with E-state index in [1.165, 1.54) is 29.2 Å². The van der Waals surface area contributed by atoms with Gasteiger partial charge in [0, 0.05) is 31.8 Å². The minimum absolute atomic E-state index is 0.0412. The first-order chi connectivity index (χ1) is 12.4. The molecule has 0 N–H and O–H groups in total. The molecule has 0 spiro atoms. The van der Waals surface area contributed by atoms with Crippen LogP contribution in [-0.4, -0.2) is 42.2 Å². The van der Waals surface area contributed by atoms with Gasteiger partial charge in [-0.1, -0.05) is 30.3 Å². The first-order valence-electron chi connectivity index (χ1n) is 7.76.